The molecule has 1 heterocycles. The minimum atomic E-state index is -0.0112. The molecule has 0 saturated carbocycles. The predicted molar refractivity (Wildman–Crippen MR) is 61.0 cm³/mol. The van der Waals surface area contributed by atoms with Gasteiger partial charge in [0.25, 0.3) is 0 Å². The molecule has 1 atom stereocenters. The molecule has 1 saturated heterocycles. The number of urea groups is 1. The van der Waals surface area contributed by atoms with E-state index >= 15 is 0 Å². The van der Waals surface area contributed by atoms with Crippen LogP contribution in [0.1, 0.15) is 11.6 Å². The predicted octanol–water partition coefficient (Wildman–Crippen LogP) is 1.09. The Bertz CT molecular complexity index is 367. The Morgan fingerprint density at radius 2 is 2.06 bits per heavy atom. The molecule has 0 aromatic heterocycles. The highest BCUT2D eigenvalue weighted by Gasteiger charge is 2.35. The van der Waals surface area contributed by atoms with Gasteiger partial charge >= 0.3 is 6.03 Å². The van der Waals surface area contributed by atoms with Gasteiger partial charge in [-0.1, -0.05) is 30.3 Å². The number of β-amino-alcohol motifs (C(OH)–C–C–N with tert-alkyl or cyclic N) is 1. The van der Waals surface area contributed by atoms with Gasteiger partial charge in [0, 0.05) is 20.1 Å². The van der Waals surface area contributed by atoms with Crippen molar-refractivity contribution in [2.75, 3.05) is 26.7 Å². The van der Waals surface area contributed by atoms with Gasteiger partial charge in [-0.2, -0.15) is 0 Å². The standard InChI is InChI=1S/C12H16N2O2/c1-13-9-11(10-5-3-2-4-6-10)14(7-8-15)12(13)16/h2-6,11,15H,7-9H2,1H3. The quantitative estimate of drug-likeness (QED) is 0.828. The molecule has 2 rings (SSSR count). The maximum Gasteiger partial charge on any atom is 0.320 e. The zero-order chi connectivity index (χ0) is 11.5. The lowest BCUT2D eigenvalue weighted by molar-refractivity contribution is 0.172. The molecule has 86 valence electrons. The van der Waals surface area contributed by atoms with E-state index in [2.05, 4.69) is 0 Å². The molecule has 1 aliphatic heterocycles. The summed E-state index contributed by atoms with van der Waals surface area (Å²) in [5.74, 6) is 0. The minimum Gasteiger partial charge on any atom is -0.395 e. The summed E-state index contributed by atoms with van der Waals surface area (Å²) in [4.78, 5) is 15.2. The fraction of sp³-hybridized carbons (Fsp3) is 0.417. The van der Waals surface area contributed by atoms with Crippen LogP contribution in [0.25, 0.3) is 0 Å². The summed E-state index contributed by atoms with van der Waals surface area (Å²) in [6, 6.07) is 9.97. The summed E-state index contributed by atoms with van der Waals surface area (Å²) in [5, 5.41) is 8.98. The highest BCUT2D eigenvalue weighted by atomic mass is 16.3. The molecule has 0 radical (unpaired) electrons. The van der Waals surface area contributed by atoms with Crippen LogP contribution in [0.15, 0.2) is 30.3 Å². The van der Waals surface area contributed by atoms with Gasteiger partial charge in [0.1, 0.15) is 0 Å². The molecule has 2 amide bonds. The van der Waals surface area contributed by atoms with Crippen LogP contribution in [0.5, 0.6) is 0 Å². The Balaban J connectivity index is 2.23. The molecule has 0 bridgehead atoms. The van der Waals surface area contributed by atoms with Crippen molar-refractivity contribution in [3.05, 3.63) is 35.9 Å². The van der Waals surface area contributed by atoms with Gasteiger partial charge in [-0.05, 0) is 5.56 Å². The van der Waals surface area contributed by atoms with Gasteiger partial charge in [0.15, 0.2) is 0 Å². The van der Waals surface area contributed by atoms with Gasteiger partial charge in [0.05, 0.1) is 12.6 Å². The Hall–Kier alpha value is -1.55. The maximum absolute atomic E-state index is 11.8. The van der Waals surface area contributed by atoms with E-state index in [0.29, 0.717) is 13.1 Å². The lowest BCUT2D eigenvalue weighted by atomic mass is 10.1. The second-order valence-electron chi connectivity index (χ2n) is 4.01. The third kappa shape index (κ3) is 1.88. The number of benzene rings is 1. The van der Waals surface area contributed by atoms with E-state index in [1.807, 2.05) is 30.3 Å². The Morgan fingerprint density at radius 3 is 2.69 bits per heavy atom. The zero-order valence-corrected chi connectivity index (χ0v) is 9.34. The summed E-state index contributed by atoms with van der Waals surface area (Å²) in [5.41, 5.74) is 1.12. The fourth-order valence-electron chi connectivity index (χ4n) is 2.11. The molecule has 0 spiro atoms. The van der Waals surface area contributed by atoms with Crippen molar-refractivity contribution >= 4 is 6.03 Å². The van der Waals surface area contributed by atoms with Crippen LogP contribution in [0.4, 0.5) is 4.79 Å². The lowest BCUT2D eigenvalue weighted by Crippen LogP contribution is -2.33. The lowest BCUT2D eigenvalue weighted by Gasteiger charge is -2.22. The Morgan fingerprint density at radius 1 is 1.38 bits per heavy atom. The van der Waals surface area contributed by atoms with Gasteiger partial charge in [0.2, 0.25) is 0 Å². The summed E-state index contributed by atoms with van der Waals surface area (Å²) < 4.78 is 0. The Kier molecular flexibility index (Phi) is 3.10. The van der Waals surface area contributed by atoms with Gasteiger partial charge in [-0.3, -0.25) is 0 Å². The van der Waals surface area contributed by atoms with Gasteiger partial charge < -0.3 is 14.9 Å². The monoisotopic (exact) mass is 220 g/mol. The van der Waals surface area contributed by atoms with Crippen LogP contribution in [-0.4, -0.2) is 47.7 Å². The number of nitrogens with zero attached hydrogens (tertiary/aromatic N) is 2. The molecular formula is C12H16N2O2. The highest BCUT2D eigenvalue weighted by molar-refractivity contribution is 5.77. The van der Waals surface area contributed by atoms with E-state index in [-0.39, 0.29) is 18.7 Å². The molecular weight excluding hydrogens is 204 g/mol. The first kappa shape index (κ1) is 11.0. The fourth-order valence-corrected chi connectivity index (χ4v) is 2.11. The first-order valence-electron chi connectivity index (χ1n) is 5.41. The van der Waals surface area contributed by atoms with Crippen LogP contribution < -0.4 is 0 Å². The highest BCUT2D eigenvalue weighted by Crippen LogP contribution is 2.27. The summed E-state index contributed by atoms with van der Waals surface area (Å²) in [7, 11) is 1.79. The SMILES string of the molecule is CN1CC(c2ccccc2)N(CCO)C1=O. The molecule has 1 N–H and O–H groups in total. The number of amides is 2. The molecule has 4 nitrogen and oxygen atoms in total. The number of aliphatic hydroxyl groups excluding tert-OH is 1. The van der Waals surface area contributed by atoms with E-state index in [4.69, 9.17) is 5.11 Å². The van der Waals surface area contributed by atoms with Crippen molar-refractivity contribution in [2.24, 2.45) is 0 Å². The van der Waals surface area contributed by atoms with E-state index in [0.717, 1.165) is 5.56 Å². The molecule has 1 unspecified atom stereocenters. The molecule has 1 aliphatic rings. The van der Waals surface area contributed by atoms with Crippen molar-refractivity contribution in [3.63, 3.8) is 0 Å². The van der Waals surface area contributed by atoms with Gasteiger partial charge in [-0.15, -0.1) is 0 Å². The first-order chi connectivity index (χ1) is 7.74. The van der Waals surface area contributed by atoms with Crippen molar-refractivity contribution in [1.82, 2.24) is 9.80 Å². The third-order valence-electron chi connectivity index (χ3n) is 2.92. The van der Waals surface area contributed by atoms with Crippen molar-refractivity contribution in [2.45, 2.75) is 6.04 Å². The van der Waals surface area contributed by atoms with Crippen molar-refractivity contribution in [3.8, 4) is 0 Å². The minimum absolute atomic E-state index is 0.00289. The van der Waals surface area contributed by atoms with E-state index in [1.165, 1.54) is 0 Å². The van der Waals surface area contributed by atoms with Crippen molar-refractivity contribution < 1.29 is 9.90 Å². The number of likely N-dealkylation sites (N-methyl/N-ethyl adjacent to an activating group) is 1. The summed E-state index contributed by atoms with van der Waals surface area (Å²) >= 11 is 0. The second-order valence-corrected chi connectivity index (χ2v) is 4.01. The van der Waals surface area contributed by atoms with Gasteiger partial charge in [-0.25, -0.2) is 4.79 Å². The topological polar surface area (TPSA) is 43.8 Å². The number of hydrogen-bond donors (Lipinski definition) is 1. The molecule has 4 heteroatoms. The first-order valence-corrected chi connectivity index (χ1v) is 5.41. The second kappa shape index (κ2) is 4.53. The molecule has 16 heavy (non-hydrogen) atoms. The normalized spacial score (nSPS) is 20.6. The van der Waals surface area contributed by atoms with E-state index in [9.17, 15) is 4.79 Å². The number of hydrogen-bond acceptors (Lipinski definition) is 2. The van der Waals surface area contributed by atoms with Crippen LogP contribution in [0.3, 0.4) is 0 Å². The maximum atomic E-state index is 11.8. The average molecular weight is 220 g/mol. The van der Waals surface area contributed by atoms with E-state index < -0.39 is 0 Å². The summed E-state index contributed by atoms with van der Waals surface area (Å²) in [6.45, 7) is 1.08. The number of rotatable bonds is 3. The van der Waals surface area contributed by atoms with Crippen LogP contribution in [0, 0.1) is 0 Å². The molecule has 1 aromatic carbocycles. The zero-order valence-electron chi connectivity index (χ0n) is 9.34. The number of aliphatic hydroxyl groups is 1. The van der Waals surface area contributed by atoms with Crippen LogP contribution in [0.2, 0.25) is 0 Å². The summed E-state index contributed by atoms with van der Waals surface area (Å²) in [6.07, 6.45) is 0. The Labute approximate surface area is 95.1 Å². The van der Waals surface area contributed by atoms with Crippen LogP contribution >= 0.6 is 0 Å². The van der Waals surface area contributed by atoms with Crippen LogP contribution in [-0.2, 0) is 0 Å². The molecule has 1 fully saturated rings. The smallest absolute Gasteiger partial charge is 0.320 e. The van der Waals surface area contributed by atoms with E-state index in [1.54, 1.807) is 16.8 Å². The average Bonchev–Trinajstić information content (AvgIpc) is 2.59. The number of carbonyl (C=O) groups excluding carboxylic acids is 1. The molecule has 1 aromatic rings. The largest absolute Gasteiger partial charge is 0.395 e. The van der Waals surface area contributed by atoms with Crippen molar-refractivity contribution in [1.29, 1.82) is 0 Å². The molecule has 0 aliphatic carbocycles. The third-order valence-corrected chi connectivity index (χ3v) is 2.92. The number of carbonyl (C=O) groups is 1.